The Hall–Kier alpha value is -1.89. The summed E-state index contributed by atoms with van der Waals surface area (Å²) in [5.74, 6) is -0.603. The standard InChI is InChI=1S/C14H11F4NOS/c15-11-5-4-9(13(19)7-11)8-21(20)12-3-1-2-10(6-12)14(16,17)18/h1-7H,8,19H2. The molecule has 2 rings (SSSR count). The predicted molar refractivity (Wildman–Crippen MR) is 72.4 cm³/mol. The Kier molecular flexibility index (Phi) is 4.32. The van der Waals surface area contributed by atoms with Crippen LogP contribution in [-0.2, 0) is 22.7 Å². The number of anilines is 1. The zero-order valence-electron chi connectivity index (χ0n) is 10.7. The normalized spacial score (nSPS) is 13.1. The van der Waals surface area contributed by atoms with Crippen LogP contribution < -0.4 is 5.73 Å². The molecule has 2 aromatic carbocycles. The first-order valence-corrected chi connectivity index (χ1v) is 7.19. The van der Waals surface area contributed by atoms with E-state index in [-0.39, 0.29) is 16.3 Å². The summed E-state index contributed by atoms with van der Waals surface area (Å²) in [5.41, 5.74) is 5.28. The maximum Gasteiger partial charge on any atom is 0.416 e. The van der Waals surface area contributed by atoms with Gasteiger partial charge < -0.3 is 5.73 Å². The second kappa shape index (κ2) is 5.85. The van der Waals surface area contributed by atoms with Crippen molar-refractivity contribution in [3.05, 3.63) is 59.4 Å². The molecule has 0 amide bonds. The molecule has 0 aromatic heterocycles. The summed E-state index contributed by atoms with van der Waals surface area (Å²) >= 11 is 0. The fraction of sp³-hybridized carbons (Fsp3) is 0.143. The second-order valence-electron chi connectivity index (χ2n) is 4.36. The zero-order chi connectivity index (χ0) is 15.6. The lowest BCUT2D eigenvalue weighted by Gasteiger charge is -2.09. The van der Waals surface area contributed by atoms with Crippen molar-refractivity contribution in [2.45, 2.75) is 16.8 Å². The van der Waals surface area contributed by atoms with E-state index >= 15 is 0 Å². The third-order valence-electron chi connectivity index (χ3n) is 2.82. The van der Waals surface area contributed by atoms with Crippen LogP contribution in [0.15, 0.2) is 47.4 Å². The average Bonchev–Trinajstić information content (AvgIpc) is 2.41. The molecule has 2 N–H and O–H groups in total. The lowest BCUT2D eigenvalue weighted by Crippen LogP contribution is -2.06. The summed E-state index contributed by atoms with van der Waals surface area (Å²) in [7, 11) is -1.70. The molecule has 0 aliphatic heterocycles. The van der Waals surface area contributed by atoms with E-state index in [0.29, 0.717) is 5.56 Å². The maximum absolute atomic E-state index is 12.9. The van der Waals surface area contributed by atoms with Crippen molar-refractivity contribution in [3.63, 3.8) is 0 Å². The van der Waals surface area contributed by atoms with Crippen molar-refractivity contribution >= 4 is 16.5 Å². The Bertz CT molecular complexity index is 685. The first kappa shape index (κ1) is 15.5. The Morgan fingerprint density at radius 2 is 1.81 bits per heavy atom. The van der Waals surface area contributed by atoms with Crippen LogP contribution in [0.4, 0.5) is 23.2 Å². The molecule has 0 aliphatic carbocycles. The van der Waals surface area contributed by atoms with E-state index in [1.165, 1.54) is 18.2 Å². The Balaban J connectivity index is 2.25. The predicted octanol–water partition coefficient (Wildman–Crippen LogP) is 3.73. The Morgan fingerprint density at radius 1 is 1.10 bits per heavy atom. The molecule has 1 atom stereocenters. The summed E-state index contributed by atoms with van der Waals surface area (Å²) in [4.78, 5) is 0.0496. The fourth-order valence-corrected chi connectivity index (χ4v) is 2.94. The fourth-order valence-electron chi connectivity index (χ4n) is 1.74. The number of nitrogens with two attached hydrogens (primary N) is 1. The van der Waals surface area contributed by atoms with Gasteiger partial charge in [0, 0.05) is 10.6 Å². The van der Waals surface area contributed by atoms with E-state index < -0.39 is 28.4 Å². The number of benzene rings is 2. The summed E-state index contributed by atoms with van der Waals surface area (Å²) < 4.78 is 62.9. The summed E-state index contributed by atoms with van der Waals surface area (Å²) in [6.07, 6.45) is -4.49. The van der Waals surface area contributed by atoms with E-state index in [1.807, 2.05) is 0 Å². The number of rotatable bonds is 3. The van der Waals surface area contributed by atoms with E-state index in [0.717, 1.165) is 24.3 Å². The van der Waals surface area contributed by atoms with Crippen molar-refractivity contribution in [2.24, 2.45) is 0 Å². The third-order valence-corrected chi connectivity index (χ3v) is 4.17. The van der Waals surface area contributed by atoms with Gasteiger partial charge in [0.15, 0.2) is 0 Å². The van der Waals surface area contributed by atoms with Crippen LogP contribution >= 0.6 is 0 Å². The van der Waals surface area contributed by atoms with Gasteiger partial charge in [-0.15, -0.1) is 0 Å². The Labute approximate surface area is 121 Å². The molecule has 0 bridgehead atoms. The van der Waals surface area contributed by atoms with Gasteiger partial charge in [-0.2, -0.15) is 13.2 Å². The monoisotopic (exact) mass is 317 g/mol. The molecule has 2 nitrogen and oxygen atoms in total. The highest BCUT2D eigenvalue weighted by atomic mass is 32.2. The van der Waals surface area contributed by atoms with Crippen molar-refractivity contribution in [1.82, 2.24) is 0 Å². The van der Waals surface area contributed by atoms with Gasteiger partial charge in [0.1, 0.15) is 5.82 Å². The van der Waals surface area contributed by atoms with Gasteiger partial charge in [0.25, 0.3) is 0 Å². The highest BCUT2D eigenvalue weighted by Crippen LogP contribution is 2.30. The van der Waals surface area contributed by atoms with E-state index in [9.17, 15) is 21.8 Å². The summed E-state index contributed by atoms with van der Waals surface area (Å²) in [6, 6.07) is 7.92. The quantitative estimate of drug-likeness (QED) is 0.692. The number of nitrogen functional groups attached to an aromatic ring is 1. The molecule has 0 fully saturated rings. The van der Waals surface area contributed by atoms with Crippen molar-refractivity contribution in [3.8, 4) is 0 Å². The lowest BCUT2D eigenvalue weighted by atomic mass is 10.2. The van der Waals surface area contributed by atoms with E-state index in [4.69, 9.17) is 5.73 Å². The molecule has 0 aliphatic rings. The molecule has 1 unspecified atom stereocenters. The largest absolute Gasteiger partial charge is 0.416 e. The first-order valence-electron chi connectivity index (χ1n) is 5.87. The van der Waals surface area contributed by atoms with Gasteiger partial charge in [0.2, 0.25) is 0 Å². The summed E-state index contributed by atoms with van der Waals surface area (Å²) in [5, 5.41) is 0. The van der Waals surface area contributed by atoms with Gasteiger partial charge in [0.05, 0.1) is 22.1 Å². The molecule has 0 spiro atoms. The third kappa shape index (κ3) is 3.81. The van der Waals surface area contributed by atoms with Gasteiger partial charge in [-0.25, -0.2) is 4.39 Å². The number of halogens is 4. The highest BCUT2D eigenvalue weighted by Gasteiger charge is 2.30. The molecule has 0 heterocycles. The van der Waals surface area contributed by atoms with Crippen LogP contribution in [0.25, 0.3) is 0 Å². The van der Waals surface area contributed by atoms with Crippen LogP contribution in [-0.4, -0.2) is 4.21 Å². The van der Waals surface area contributed by atoms with Gasteiger partial charge >= 0.3 is 6.18 Å². The maximum atomic E-state index is 12.9. The average molecular weight is 317 g/mol. The number of hydrogen-bond acceptors (Lipinski definition) is 2. The first-order chi connectivity index (χ1) is 9.77. The SMILES string of the molecule is Nc1cc(F)ccc1CS(=O)c1cccc(C(F)(F)F)c1. The molecule has 112 valence electrons. The van der Waals surface area contributed by atoms with Crippen molar-refractivity contribution < 1.29 is 21.8 Å². The Morgan fingerprint density at radius 3 is 2.43 bits per heavy atom. The topological polar surface area (TPSA) is 43.1 Å². The molecular formula is C14H11F4NOS. The van der Waals surface area contributed by atoms with Crippen molar-refractivity contribution in [1.29, 1.82) is 0 Å². The molecule has 0 radical (unpaired) electrons. The zero-order valence-corrected chi connectivity index (χ0v) is 11.5. The number of alkyl halides is 3. The molecule has 21 heavy (non-hydrogen) atoms. The summed E-state index contributed by atoms with van der Waals surface area (Å²) in [6.45, 7) is 0. The molecule has 2 aromatic rings. The lowest BCUT2D eigenvalue weighted by molar-refractivity contribution is -0.137. The van der Waals surface area contributed by atoms with Crippen LogP contribution in [0.2, 0.25) is 0 Å². The minimum absolute atomic E-state index is 0.0496. The minimum Gasteiger partial charge on any atom is -0.398 e. The van der Waals surface area contributed by atoms with Crippen molar-refractivity contribution in [2.75, 3.05) is 5.73 Å². The van der Waals surface area contributed by atoms with Crippen LogP contribution in [0.5, 0.6) is 0 Å². The van der Waals surface area contributed by atoms with Gasteiger partial charge in [-0.05, 0) is 35.9 Å². The highest BCUT2D eigenvalue weighted by molar-refractivity contribution is 7.84. The molecular weight excluding hydrogens is 306 g/mol. The van der Waals surface area contributed by atoms with Gasteiger partial charge in [-0.3, -0.25) is 4.21 Å². The van der Waals surface area contributed by atoms with Gasteiger partial charge in [-0.1, -0.05) is 12.1 Å². The molecule has 0 saturated heterocycles. The van der Waals surface area contributed by atoms with E-state index in [2.05, 4.69) is 0 Å². The van der Waals surface area contributed by atoms with Crippen LogP contribution in [0.3, 0.4) is 0 Å². The van der Waals surface area contributed by atoms with Crippen LogP contribution in [0, 0.1) is 5.82 Å². The smallest absolute Gasteiger partial charge is 0.398 e. The second-order valence-corrected chi connectivity index (χ2v) is 5.81. The molecule has 7 heteroatoms. The minimum atomic E-state index is -4.49. The molecule has 0 saturated carbocycles. The van der Waals surface area contributed by atoms with Crippen LogP contribution in [0.1, 0.15) is 11.1 Å². The number of hydrogen-bond donors (Lipinski definition) is 1. The van der Waals surface area contributed by atoms with E-state index in [1.54, 1.807) is 0 Å².